The lowest BCUT2D eigenvalue weighted by atomic mass is 9.62. The number of aliphatic hydroxyl groups is 1. The van der Waals surface area contributed by atoms with E-state index in [-0.39, 0.29) is 5.41 Å². The summed E-state index contributed by atoms with van der Waals surface area (Å²) >= 11 is 0. The summed E-state index contributed by atoms with van der Waals surface area (Å²) < 4.78 is 5.49. The highest BCUT2D eigenvalue weighted by Crippen LogP contribution is 2.50. The quantitative estimate of drug-likeness (QED) is 0.842. The molecule has 0 aliphatic carbocycles. The van der Waals surface area contributed by atoms with Crippen LogP contribution < -0.4 is 4.90 Å². The smallest absolute Gasteiger partial charge is 0.129 e. The number of morpholine rings is 1. The van der Waals surface area contributed by atoms with Gasteiger partial charge in [0.05, 0.1) is 13.2 Å². The Kier molecular flexibility index (Phi) is 5.40. The maximum Gasteiger partial charge on any atom is 0.129 e. The second-order valence-electron chi connectivity index (χ2n) is 9.22. The number of pyridine rings is 1. The van der Waals surface area contributed by atoms with E-state index in [1.165, 1.54) is 5.56 Å². The van der Waals surface area contributed by atoms with Gasteiger partial charge in [-0.2, -0.15) is 0 Å². The Morgan fingerprint density at radius 1 is 1.07 bits per heavy atom. The first-order valence-electron chi connectivity index (χ1n) is 10.6. The van der Waals surface area contributed by atoms with Crippen LogP contribution in [0.4, 0.5) is 5.82 Å². The molecule has 5 nitrogen and oxygen atoms in total. The number of rotatable bonds is 5. The van der Waals surface area contributed by atoms with E-state index in [2.05, 4.69) is 72.9 Å². The van der Waals surface area contributed by atoms with Crippen molar-refractivity contribution in [2.24, 2.45) is 5.41 Å². The maximum absolute atomic E-state index is 12.3. The molecule has 29 heavy (non-hydrogen) atoms. The molecule has 1 aromatic heterocycles. The van der Waals surface area contributed by atoms with Crippen LogP contribution in [0.1, 0.15) is 43.4 Å². The second kappa shape index (κ2) is 7.71. The number of ether oxygens (including phenoxy) is 1. The molecule has 0 radical (unpaired) electrons. The molecule has 4 rings (SSSR count). The average Bonchev–Trinajstić information content (AvgIpc) is 2.73. The van der Waals surface area contributed by atoms with Crippen LogP contribution in [0.3, 0.4) is 0 Å². The van der Waals surface area contributed by atoms with Crippen LogP contribution in [0.15, 0.2) is 42.6 Å². The fourth-order valence-corrected chi connectivity index (χ4v) is 4.96. The molecule has 0 bridgehead atoms. The van der Waals surface area contributed by atoms with Crippen LogP contribution in [0.25, 0.3) is 0 Å². The summed E-state index contributed by atoms with van der Waals surface area (Å²) in [7, 11) is 2.11. The molecule has 0 spiro atoms. The normalized spacial score (nSPS) is 21.7. The molecule has 1 unspecified atom stereocenters. The molecule has 156 valence electrons. The van der Waals surface area contributed by atoms with Crippen molar-refractivity contribution in [3.63, 3.8) is 0 Å². The molecule has 2 aromatic rings. The predicted molar refractivity (Wildman–Crippen MR) is 116 cm³/mol. The number of nitrogens with zero attached hydrogens (tertiary/aromatic N) is 3. The van der Waals surface area contributed by atoms with Gasteiger partial charge in [-0.3, -0.25) is 0 Å². The largest absolute Gasteiger partial charge is 0.380 e. The van der Waals surface area contributed by atoms with Crippen LogP contribution in [0.5, 0.6) is 0 Å². The van der Waals surface area contributed by atoms with Crippen molar-refractivity contribution >= 4 is 5.82 Å². The van der Waals surface area contributed by atoms with Gasteiger partial charge in [0.25, 0.3) is 0 Å². The monoisotopic (exact) mass is 395 g/mol. The molecule has 5 heteroatoms. The Labute approximate surface area is 174 Å². The van der Waals surface area contributed by atoms with E-state index in [0.29, 0.717) is 5.92 Å². The summed E-state index contributed by atoms with van der Waals surface area (Å²) in [5, 5.41) is 12.3. The fraction of sp³-hybridized carbons (Fsp3) is 0.542. The van der Waals surface area contributed by atoms with Crippen LogP contribution in [-0.2, 0) is 10.3 Å². The van der Waals surface area contributed by atoms with E-state index in [4.69, 9.17) is 4.74 Å². The van der Waals surface area contributed by atoms with Gasteiger partial charge in [-0.1, -0.05) is 45.0 Å². The Bertz CT molecular complexity index is 839. The molecule has 0 saturated carbocycles. The summed E-state index contributed by atoms with van der Waals surface area (Å²) in [5.74, 6) is 1.38. The van der Waals surface area contributed by atoms with Crippen molar-refractivity contribution in [2.75, 3.05) is 51.3 Å². The molecule has 1 N–H and O–H groups in total. The molecule has 3 heterocycles. The van der Waals surface area contributed by atoms with E-state index in [1.54, 1.807) is 0 Å². The van der Waals surface area contributed by atoms with Crippen molar-refractivity contribution in [1.29, 1.82) is 0 Å². The molecule has 0 amide bonds. The highest BCUT2D eigenvalue weighted by Gasteiger charge is 2.55. The first-order chi connectivity index (χ1) is 13.8. The standard InChI is InChI=1S/C24H33N3O2/c1-18(2)19-5-7-20(8-6-19)24(28,23(3)16-26(4)17-23)21-9-10-25-22(15-21)27-11-13-29-14-12-27/h5-10,15,18,28H,11-14,16-17H2,1-4H3. The Hall–Kier alpha value is -1.95. The van der Waals surface area contributed by atoms with Gasteiger partial charge in [0, 0.05) is 37.8 Å². The summed E-state index contributed by atoms with van der Waals surface area (Å²) in [6.07, 6.45) is 1.83. The third kappa shape index (κ3) is 3.56. The van der Waals surface area contributed by atoms with Crippen molar-refractivity contribution in [1.82, 2.24) is 9.88 Å². The first-order valence-corrected chi connectivity index (χ1v) is 10.6. The minimum Gasteiger partial charge on any atom is -0.380 e. The van der Waals surface area contributed by atoms with Gasteiger partial charge in [0.15, 0.2) is 0 Å². The van der Waals surface area contributed by atoms with Crippen molar-refractivity contribution in [2.45, 2.75) is 32.3 Å². The van der Waals surface area contributed by atoms with E-state index in [0.717, 1.165) is 56.3 Å². The highest BCUT2D eigenvalue weighted by molar-refractivity contribution is 5.48. The minimum atomic E-state index is -1.07. The van der Waals surface area contributed by atoms with E-state index in [9.17, 15) is 5.11 Å². The molecule has 2 aliphatic heterocycles. The van der Waals surface area contributed by atoms with Crippen molar-refractivity contribution < 1.29 is 9.84 Å². The number of hydrogen-bond acceptors (Lipinski definition) is 5. The zero-order valence-corrected chi connectivity index (χ0v) is 18.1. The number of hydrogen-bond donors (Lipinski definition) is 1. The molecule has 2 aliphatic rings. The zero-order chi connectivity index (χ0) is 20.6. The highest BCUT2D eigenvalue weighted by atomic mass is 16.5. The topological polar surface area (TPSA) is 48.8 Å². The summed E-state index contributed by atoms with van der Waals surface area (Å²) in [5.41, 5.74) is 1.83. The van der Waals surface area contributed by atoms with E-state index in [1.807, 2.05) is 12.3 Å². The third-order valence-corrected chi connectivity index (χ3v) is 6.60. The summed E-state index contributed by atoms with van der Waals surface area (Å²) in [6.45, 7) is 11.4. The van der Waals surface area contributed by atoms with Gasteiger partial charge in [0.1, 0.15) is 11.4 Å². The van der Waals surface area contributed by atoms with Gasteiger partial charge in [-0.05, 0) is 41.8 Å². The number of aromatic nitrogens is 1. The SMILES string of the molecule is CC(C)c1ccc(C(O)(c2ccnc(N3CCOCC3)c2)C2(C)CN(C)C2)cc1. The van der Waals surface area contributed by atoms with Gasteiger partial charge < -0.3 is 19.6 Å². The van der Waals surface area contributed by atoms with Gasteiger partial charge in [-0.25, -0.2) is 4.98 Å². The molecule has 2 saturated heterocycles. The van der Waals surface area contributed by atoms with Gasteiger partial charge >= 0.3 is 0 Å². The minimum absolute atomic E-state index is 0.259. The fourth-order valence-electron chi connectivity index (χ4n) is 4.96. The number of benzene rings is 1. The lowest BCUT2D eigenvalue weighted by molar-refractivity contribution is -0.127. The zero-order valence-electron chi connectivity index (χ0n) is 18.1. The van der Waals surface area contributed by atoms with Crippen LogP contribution in [0, 0.1) is 5.41 Å². The Morgan fingerprint density at radius 3 is 2.31 bits per heavy atom. The Balaban J connectivity index is 1.77. The summed E-state index contributed by atoms with van der Waals surface area (Å²) in [6, 6.07) is 12.6. The van der Waals surface area contributed by atoms with Crippen molar-refractivity contribution in [3.8, 4) is 0 Å². The number of likely N-dealkylation sites (tertiary alicyclic amines) is 1. The lowest BCUT2D eigenvalue weighted by Gasteiger charge is -2.56. The number of anilines is 1. The molecule has 1 atom stereocenters. The molecular weight excluding hydrogens is 362 g/mol. The second-order valence-corrected chi connectivity index (χ2v) is 9.22. The van der Waals surface area contributed by atoms with Crippen molar-refractivity contribution in [3.05, 3.63) is 59.3 Å². The van der Waals surface area contributed by atoms with E-state index >= 15 is 0 Å². The lowest BCUT2D eigenvalue weighted by Crippen LogP contribution is -2.63. The van der Waals surface area contributed by atoms with Crippen LogP contribution >= 0.6 is 0 Å². The van der Waals surface area contributed by atoms with Gasteiger partial charge in [0.2, 0.25) is 0 Å². The predicted octanol–water partition coefficient (Wildman–Crippen LogP) is 3.23. The molecule has 1 aromatic carbocycles. The average molecular weight is 396 g/mol. The van der Waals surface area contributed by atoms with Crippen LogP contribution in [0.2, 0.25) is 0 Å². The molecular formula is C24H33N3O2. The maximum atomic E-state index is 12.3. The first kappa shape index (κ1) is 20.3. The summed E-state index contributed by atoms with van der Waals surface area (Å²) in [4.78, 5) is 9.10. The van der Waals surface area contributed by atoms with Gasteiger partial charge in [-0.15, -0.1) is 0 Å². The Morgan fingerprint density at radius 2 is 1.72 bits per heavy atom. The van der Waals surface area contributed by atoms with Crippen LogP contribution in [-0.4, -0.2) is 61.4 Å². The third-order valence-electron chi connectivity index (χ3n) is 6.60. The molecule has 2 fully saturated rings. The van der Waals surface area contributed by atoms with E-state index < -0.39 is 5.60 Å².